The maximum atomic E-state index is 11.8. The van der Waals surface area contributed by atoms with Crippen LogP contribution in [0.1, 0.15) is 83.1 Å². The van der Waals surface area contributed by atoms with Crippen molar-refractivity contribution >= 4 is 12.1 Å². The SMILES string of the molecule is CCCCCCCCCCCC(CC(=O)O)OC(=O)OCc1ccccc1. The minimum atomic E-state index is -0.966. The highest BCUT2D eigenvalue weighted by atomic mass is 16.7. The molecule has 1 aromatic rings. The first-order valence-electron chi connectivity index (χ1n) is 10.2. The number of ether oxygens (including phenoxy) is 2. The molecule has 5 nitrogen and oxygen atoms in total. The van der Waals surface area contributed by atoms with E-state index in [1.807, 2.05) is 30.3 Å². The highest BCUT2D eigenvalue weighted by Crippen LogP contribution is 2.15. The first-order chi connectivity index (χ1) is 13.1. The number of carbonyl (C=O) groups excluding carboxylic acids is 1. The first kappa shape index (κ1) is 23.0. The number of unbranched alkanes of at least 4 members (excludes halogenated alkanes) is 8. The number of carboxylic acid groups (broad SMARTS) is 1. The fourth-order valence-corrected chi connectivity index (χ4v) is 2.97. The Kier molecular flexibility index (Phi) is 12.8. The van der Waals surface area contributed by atoms with Crippen LogP contribution in [0.25, 0.3) is 0 Å². The van der Waals surface area contributed by atoms with E-state index in [1.165, 1.54) is 38.5 Å². The first-order valence-corrected chi connectivity index (χ1v) is 10.2. The monoisotopic (exact) mass is 378 g/mol. The summed E-state index contributed by atoms with van der Waals surface area (Å²) >= 11 is 0. The second-order valence-corrected chi connectivity index (χ2v) is 6.98. The third-order valence-corrected chi connectivity index (χ3v) is 4.49. The van der Waals surface area contributed by atoms with Gasteiger partial charge in [0.05, 0.1) is 6.42 Å². The topological polar surface area (TPSA) is 72.8 Å². The van der Waals surface area contributed by atoms with Crippen LogP contribution in [-0.2, 0) is 20.9 Å². The predicted octanol–water partition coefficient (Wildman–Crippen LogP) is 6.10. The van der Waals surface area contributed by atoms with Crippen LogP contribution in [0.2, 0.25) is 0 Å². The highest BCUT2D eigenvalue weighted by Gasteiger charge is 2.18. The van der Waals surface area contributed by atoms with Gasteiger partial charge < -0.3 is 14.6 Å². The van der Waals surface area contributed by atoms with Crippen LogP contribution in [-0.4, -0.2) is 23.3 Å². The Labute approximate surface area is 163 Å². The quantitative estimate of drug-likeness (QED) is 0.295. The molecule has 0 bridgehead atoms. The van der Waals surface area contributed by atoms with E-state index >= 15 is 0 Å². The average molecular weight is 379 g/mol. The van der Waals surface area contributed by atoms with Crippen molar-refractivity contribution in [2.75, 3.05) is 0 Å². The molecule has 0 fully saturated rings. The van der Waals surface area contributed by atoms with E-state index in [9.17, 15) is 9.59 Å². The zero-order valence-electron chi connectivity index (χ0n) is 16.5. The highest BCUT2D eigenvalue weighted by molar-refractivity contribution is 5.68. The lowest BCUT2D eigenvalue weighted by Gasteiger charge is -2.16. The molecule has 1 N–H and O–H groups in total. The number of carbonyl (C=O) groups is 2. The molecule has 0 aliphatic carbocycles. The van der Waals surface area contributed by atoms with Gasteiger partial charge in [0.25, 0.3) is 0 Å². The summed E-state index contributed by atoms with van der Waals surface area (Å²) in [6, 6.07) is 9.31. The zero-order valence-corrected chi connectivity index (χ0v) is 16.5. The molecule has 0 aromatic heterocycles. The molecule has 152 valence electrons. The lowest BCUT2D eigenvalue weighted by atomic mass is 10.0. The summed E-state index contributed by atoms with van der Waals surface area (Å²) in [5, 5.41) is 9.02. The molecular formula is C22H34O5. The number of aliphatic carboxylic acids is 1. The summed E-state index contributed by atoms with van der Waals surface area (Å²) in [5.74, 6) is -0.966. The van der Waals surface area contributed by atoms with Crippen LogP contribution in [0, 0.1) is 0 Å². The van der Waals surface area contributed by atoms with Crippen molar-refractivity contribution in [2.45, 2.75) is 90.3 Å². The fourth-order valence-electron chi connectivity index (χ4n) is 2.97. The smallest absolute Gasteiger partial charge is 0.481 e. The summed E-state index contributed by atoms with van der Waals surface area (Å²) in [4.78, 5) is 22.8. The van der Waals surface area contributed by atoms with Crippen LogP contribution in [0.4, 0.5) is 4.79 Å². The van der Waals surface area contributed by atoms with E-state index in [0.29, 0.717) is 6.42 Å². The van der Waals surface area contributed by atoms with Gasteiger partial charge in [-0.3, -0.25) is 4.79 Å². The van der Waals surface area contributed by atoms with Gasteiger partial charge in [0.15, 0.2) is 0 Å². The third-order valence-electron chi connectivity index (χ3n) is 4.49. The van der Waals surface area contributed by atoms with Gasteiger partial charge in [-0.05, 0) is 18.4 Å². The second-order valence-electron chi connectivity index (χ2n) is 6.98. The van der Waals surface area contributed by atoms with Crippen molar-refractivity contribution in [3.05, 3.63) is 35.9 Å². The molecule has 0 spiro atoms. The van der Waals surface area contributed by atoms with Gasteiger partial charge >= 0.3 is 12.1 Å². The molecule has 1 atom stereocenters. The Hall–Kier alpha value is -2.04. The zero-order chi connectivity index (χ0) is 19.7. The summed E-state index contributed by atoms with van der Waals surface area (Å²) in [6.45, 7) is 2.34. The number of hydrogen-bond donors (Lipinski definition) is 1. The molecule has 0 amide bonds. The number of benzene rings is 1. The summed E-state index contributed by atoms with van der Waals surface area (Å²) in [7, 11) is 0. The van der Waals surface area contributed by atoms with Gasteiger partial charge in [-0.2, -0.15) is 0 Å². The molecule has 0 saturated heterocycles. The maximum absolute atomic E-state index is 11.8. The minimum absolute atomic E-state index is 0.123. The fraction of sp³-hybridized carbons (Fsp3) is 0.636. The molecule has 1 rings (SSSR count). The normalized spacial score (nSPS) is 11.7. The van der Waals surface area contributed by atoms with Crippen LogP contribution in [0.15, 0.2) is 30.3 Å². The number of rotatable bonds is 15. The van der Waals surface area contributed by atoms with Crippen molar-refractivity contribution in [3.8, 4) is 0 Å². The molecule has 1 aromatic carbocycles. The number of carboxylic acids is 1. The number of hydrogen-bond acceptors (Lipinski definition) is 4. The Morgan fingerprint density at radius 2 is 1.52 bits per heavy atom. The van der Waals surface area contributed by atoms with Crippen molar-refractivity contribution in [2.24, 2.45) is 0 Å². The third kappa shape index (κ3) is 12.9. The van der Waals surface area contributed by atoms with Gasteiger partial charge in [0, 0.05) is 0 Å². The van der Waals surface area contributed by atoms with E-state index in [-0.39, 0.29) is 13.0 Å². The minimum Gasteiger partial charge on any atom is -0.481 e. The van der Waals surface area contributed by atoms with E-state index in [0.717, 1.165) is 24.8 Å². The van der Waals surface area contributed by atoms with Crippen molar-refractivity contribution in [1.82, 2.24) is 0 Å². The predicted molar refractivity (Wildman–Crippen MR) is 106 cm³/mol. The molecule has 0 radical (unpaired) electrons. The lowest BCUT2D eigenvalue weighted by molar-refractivity contribution is -0.139. The molecule has 0 saturated carbocycles. The van der Waals surface area contributed by atoms with Crippen LogP contribution < -0.4 is 0 Å². The molecule has 1 unspecified atom stereocenters. The van der Waals surface area contributed by atoms with Crippen molar-refractivity contribution in [1.29, 1.82) is 0 Å². The molecule has 0 heterocycles. The van der Waals surface area contributed by atoms with Crippen molar-refractivity contribution < 1.29 is 24.2 Å². The molecule has 27 heavy (non-hydrogen) atoms. The largest absolute Gasteiger partial charge is 0.508 e. The van der Waals surface area contributed by atoms with Gasteiger partial charge in [0.1, 0.15) is 12.7 Å². The van der Waals surface area contributed by atoms with E-state index in [4.69, 9.17) is 14.6 Å². The van der Waals surface area contributed by atoms with Crippen LogP contribution in [0.3, 0.4) is 0 Å². The molecule has 0 aliphatic rings. The average Bonchev–Trinajstić information content (AvgIpc) is 2.65. The summed E-state index contributed by atoms with van der Waals surface area (Å²) in [5.41, 5.74) is 0.864. The summed E-state index contributed by atoms with van der Waals surface area (Å²) < 4.78 is 10.3. The van der Waals surface area contributed by atoms with E-state index in [2.05, 4.69) is 6.92 Å². The Morgan fingerprint density at radius 1 is 0.926 bits per heavy atom. The van der Waals surface area contributed by atoms with Gasteiger partial charge in [0.2, 0.25) is 0 Å². The van der Waals surface area contributed by atoms with Crippen LogP contribution in [0.5, 0.6) is 0 Å². The molecule has 0 aliphatic heterocycles. The van der Waals surface area contributed by atoms with Gasteiger partial charge in [-0.1, -0.05) is 88.6 Å². The van der Waals surface area contributed by atoms with E-state index in [1.54, 1.807) is 0 Å². The van der Waals surface area contributed by atoms with E-state index < -0.39 is 18.2 Å². The molecular weight excluding hydrogens is 344 g/mol. The van der Waals surface area contributed by atoms with Crippen LogP contribution >= 0.6 is 0 Å². The standard InChI is InChI=1S/C22H34O5/c1-2-3-4-5-6-7-8-9-13-16-20(17-21(23)24)27-22(25)26-18-19-14-11-10-12-15-19/h10-12,14-15,20H,2-9,13,16-18H2,1H3,(H,23,24). The van der Waals surface area contributed by atoms with Gasteiger partial charge in [-0.15, -0.1) is 0 Å². The second kappa shape index (κ2) is 15.1. The lowest BCUT2D eigenvalue weighted by Crippen LogP contribution is -2.22. The van der Waals surface area contributed by atoms with Crippen molar-refractivity contribution in [3.63, 3.8) is 0 Å². The Morgan fingerprint density at radius 3 is 2.11 bits per heavy atom. The Bertz CT molecular complexity index is 515. The summed E-state index contributed by atoms with van der Waals surface area (Å²) in [6.07, 6.45) is 9.65. The Balaban J connectivity index is 2.19. The molecule has 5 heteroatoms. The van der Waals surface area contributed by atoms with Gasteiger partial charge in [-0.25, -0.2) is 4.79 Å². The maximum Gasteiger partial charge on any atom is 0.508 e.